The number of aliphatic imine (C=N–C) groups is 1. The van der Waals surface area contributed by atoms with E-state index in [0.717, 1.165) is 37.7 Å². The second-order valence-corrected chi connectivity index (χ2v) is 6.98. The largest absolute Gasteiger partial charge is 0.497 e. The molecule has 7 nitrogen and oxygen atoms in total. The van der Waals surface area contributed by atoms with Crippen molar-refractivity contribution in [1.29, 1.82) is 0 Å². The lowest BCUT2D eigenvalue weighted by Crippen LogP contribution is -2.39. The van der Waals surface area contributed by atoms with E-state index in [0.29, 0.717) is 32.9 Å². The van der Waals surface area contributed by atoms with Crippen LogP contribution in [0.15, 0.2) is 29.3 Å². The summed E-state index contributed by atoms with van der Waals surface area (Å²) in [6.45, 7) is 9.08. The highest BCUT2D eigenvalue weighted by Crippen LogP contribution is 2.22. The number of likely N-dealkylation sites (N-methyl/N-ethyl adjacent to an activating group) is 1. The highest BCUT2D eigenvalue weighted by atomic mass is 127. The molecule has 2 N–H and O–H groups in total. The van der Waals surface area contributed by atoms with Crippen LogP contribution in [0.5, 0.6) is 5.75 Å². The summed E-state index contributed by atoms with van der Waals surface area (Å²) in [7, 11) is 5.82. The van der Waals surface area contributed by atoms with E-state index in [9.17, 15) is 0 Å². The molecule has 0 amide bonds. The Morgan fingerprint density at radius 1 is 1.07 bits per heavy atom. The first kappa shape index (κ1) is 28.9. The molecule has 0 saturated heterocycles. The van der Waals surface area contributed by atoms with Crippen LogP contribution in [-0.2, 0) is 9.47 Å². The highest BCUT2D eigenvalue weighted by molar-refractivity contribution is 14.0. The van der Waals surface area contributed by atoms with Crippen molar-refractivity contribution in [2.75, 3.05) is 67.3 Å². The standard InChI is InChI=1S/C22H40N4O3.HI/c1-6-8-13-28-15-16-29-14-12-24-22(23-7-2)25-18-21(26(3)4)19-10-9-11-20(17-19)27-5;/h9-11,17,21H,6-8,12-16,18H2,1-5H3,(H2,23,24,25);1H. The van der Waals surface area contributed by atoms with E-state index in [2.05, 4.69) is 55.6 Å². The van der Waals surface area contributed by atoms with Gasteiger partial charge in [-0.25, -0.2) is 0 Å². The SMILES string of the molecule is CCCCOCCOCCNC(=NCC(c1cccc(OC)c1)N(C)C)NCC.I. The number of ether oxygens (including phenoxy) is 3. The normalized spacial score (nSPS) is 12.4. The second kappa shape index (κ2) is 18.7. The zero-order chi connectivity index (χ0) is 21.3. The molecular weight excluding hydrogens is 495 g/mol. The number of halogens is 1. The van der Waals surface area contributed by atoms with Gasteiger partial charge in [-0.1, -0.05) is 25.5 Å². The summed E-state index contributed by atoms with van der Waals surface area (Å²) in [6.07, 6.45) is 2.26. The first-order valence-corrected chi connectivity index (χ1v) is 10.6. The minimum atomic E-state index is 0. The third-order valence-electron chi connectivity index (χ3n) is 4.42. The molecule has 0 radical (unpaired) electrons. The Labute approximate surface area is 200 Å². The Bertz CT molecular complexity index is 573. The van der Waals surface area contributed by atoms with Gasteiger partial charge in [0.15, 0.2) is 5.96 Å². The maximum Gasteiger partial charge on any atom is 0.191 e. The number of benzene rings is 1. The Morgan fingerprint density at radius 3 is 2.43 bits per heavy atom. The van der Waals surface area contributed by atoms with Gasteiger partial charge in [0.2, 0.25) is 0 Å². The van der Waals surface area contributed by atoms with Crippen LogP contribution in [0, 0.1) is 0 Å². The Morgan fingerprint density at radius 2 is 1.80 bits per heavy atom. The van der Waals surface area contributed by atoms with E-state index in [1.807, 2.05) is 12.1 Å². The molecule has 1 rings (SSSR count). The van der Waals surface area contributed by atoms with Crippen molar-refractivity contribution in [1.82, 2.24) is 15.5 Å². The number of nitrogens with zero attached hydrogens (tertiary/aromatic N) is 2. The van der Waals surface area contributed by atoms with E-state index in [-0.39, 0.29) is 30.0 Å². The van der Waals surface area contributed by atoms with Crippen LogP contribution < -0.4 is 15.4 Å². The molecule has 0 saturated carbocycles. The molecule has 1 aromatic carbocycles. The quantitative estimate of drug-likeness (QED) is 0.155. The van der Waals surface area contributed by atoms with E-state index in [1.165, 1.54) is 5.56 Å². The molecule has 1 aromatic rings. The Kier molecular flexibility index (Phi) is 18.0. The van der Waals surface area contributed by atoms with Gasteiger partial charge in [0.05, 0.1) is 39.5 Å². The predicted octanol–water partition coefficient (Wildman–Crippen LogP) is 3.30. The molecule has 30 heavy (non-hydrogen) atoms. The molecule has 8 heteroatoms. The number of guanidine groups is 1. The molecule has 0 aromatic heterocycles. The van der Waals surface area contributed by atoms with Crippen molar-refractivity contribution >= 4 is 29.9 Å². The summed E-state index contributed by atoms with van der Waals surface area (Å²) >= 11 is 0. The fraction of sp³-hybridized carbons (Fsp3) is 0.682. The van der Waals surface area contributed by atoms with E-state index in [4.69, 9.17) is 19.2 Å². The summed E-state index contributed by atoms with van der Waals surface area (Å²) in [5, 5.41) is 6.62. The molecule has 0 heterocycles. The minimum absolute atomic E-state index is 0. The van der Waals surface area contributed by atoms with Crippen LogP contribution in [0.3, 0.4) is 0 Å². The molecular formula is C22H41IN4O3. The number of unbranched alkanes of at least 4 members (excludes halogenated alkanes) is 1. The number of hydrogen-bond acceptors (Lipinski definition) is 5. The summed E-state index contributed by atoms with van der Waals surface area (Å²) in [4.78, 5) is 6.94. The van der Waals surface area contributed by atoms with Crippen LogP contribution in [-0.4, -0.2) is 78.1 Å². The average molecular weight is 536 g/mol. The maximum absolute atomic E-state index is 5.61. The lowest BCUT2D eigenvalue weighted by Gasteiger charge is -2.24. The van der Waals surface area contributed by atoms with Crippen molar-refractivity contribution in [3.63, 3.8) is 0 Å². The van der Waals surface area contributed by atoms with Crippen molar-refractivity contribution in [2.24, 2.45) is 4.99 Å². The van der Waals surface area contributed by atoms with Crippen LogP contribution in [0.25, 0.3) is 0 Å². The van der Waals surface area contributed by atoms with E-state index < -0.39 is 0 Å². The average Bonchev–Trinajstić information content (AvgIpc) is 2.72. The zero-order valence-electron chi connectivity index (χ0n) is 19.3. The monoisotopic (exact) mass is 536 g/mol. The van der Waals surface area contributed by atoms with Gasteiger partial charge in [0.25, 0.3) is 0 Å². The smallest absolute Gasteiger partial charge is 0.191 e. The zero-order valence-corrected chi connectivity index (χ0v) is 21.6. The van der Waals surface area contributed by atoms with Crippen LogP contribution in [0.4, 0.5) is 0 Å². The second-order valence-electron chi connectivity index (χ2n) is 6.98. The maximum atomic E-state index is 5.61. The van der Waals surface area contributed by atoms with Gasteiger partial charge >= 0.3 is 0 Å². The summed E-state index contributed by atoms with van der Waals surface area (Å²) in [6, 6.07) is 8.31. The van der Waals surface area contributed by atoms with Gasteiger partial charge < -0.3 is 29.7 Å². The Hall–Kier alpha value is -1.10. The Balaban J connectivity index is 0.00000841. The minimum Gasteiger partial charge on any atom is -0.497 e. The van der Waals surface area contributed by atoms with Gasteiger partial charge in [0.1, 0.15) is 5.75 Å². The number of nitrogens with one attached hydrogen (secondary N) is 2. The molecule has 0 spiro atoms. The summed E-state index contributed by atoms with van der Waals surface area (Å²) < 4.78 is 16.5. The fourth-order valence-electron chi connectivity index (χ4n) is 2.75. The molecule has 0 bridgehead atoms. The van der Waals surface area contributed by atoms with Gasteiger partial charge in [-0.05, 0) is 45.1 Å². The van der Waals surface area contributed by atoms with Crippen LogP contribution >= 0.6 is 24.0 Å². The van der Waals surface area contributed by atoms with Crippen molar-refractivity contribution in [3.8, 4) is 5.75 Å². The number of rotatable bonds is 15. The van der Waals surface area contributed by atoms with Crippen molar-refractivity contribution < 1.29 is 14.2 Å². The number of hydrogen-bond donors (Lipinski definition) is 2. The molecule has 0 aliphatic rings. The van der Waals surface area contributed by atoms with E-state index in [1.54, 1.807) is 7.11 Å². The summed E-state index contributed by atoms with van der Waals surface area (Å²) in [5.41, 5.74) is 1.18. The molecule has 0 fully saturated rings. The van der Waals surface area contributed by atoms with Gasteiger partial charge in [-0.3, -0.25) is 4.99 Å². The lowest BCUT2D eigenvalue weighted by atomic mass is 10.1. The van der Waals surface area contributed by atoms with Crippen molar-refractivity contribution in [3.05, 3.63) is 29.8 Å². The van der Waals surface area contributed by atoms with Gasteiger partial charge in [-0.2, -0.15) is 0 Å². The summed E-state index contributed by atoms with van der Waals surface area (Å²) in [5.74, 6) is 1.66. The third-order valence-corrected chi connectivity index (χ3v) is 4.42. The van der Waals surface area contributed by atoms with E-state index >= 15 is 0 Å². The first-order chi connectivity index (χ1) is 14.1. The molecule has 0 aliphatic heterocycles. The highest BCUT2D eigenvalue weighted by Gasteiger charge is 2.14. The molecule has 174 valence electrons. The first-order valence-electron chi connectivity index (χ1n) is 10.6. The van der Waals surface area contributed by atoms with Crippen LogP contribution in [0.2, 0.25) is 0 Å². The molecule has 1 unspecified atom stereocenters. The van der Waals surface area contributed by atoms with Gasteiger partial charge in [0, 0.05) is 19.7 Å². The molecule has 1 atom stereocenters. The van der Waals surface area contributed by atoms with Crippen molar-refractivity contribution in [2.45, 2.75) is 32.7 Å². The topological polar surface area (TPSA) is 67.3 Å². The fourth-order valence-corrected chi connectivity index (χ4v) is 2.75. The molecule has 0 aliphatic carbocycles. The number of methoxy groups -OCH3 is 1. The van der Waals surface area contributed by atoms with Crippen LogP contribution in [0.1, 0.15) is 38.3 Å². The van der Waals surface area contributed by atoms with Gasteiger partial charge in [-0.15, -0.1) is 24.0 Å². The predicted molar refractivity (Wildman–Crippen MR) is 135 cm³/mol. The third kappa shape index (κ3) is 12.6. The lowest BCUT2D eigenvalue weighted by molar-refractivity contribution is 0.0487.